The van der Waals surface area contributed by atoms with Gasteiger partial charge in [-0.3, -0.25) is 4.79 Å². The van der Waals surface area contributed by atoms with E-state index in [9.17, 15) is 13.2 Å². The molecule has 1 saturated heterocycles. The summed E-state index contributed by atoms with van der Waals surface area (Å²) in [5, 5.41) is -0.181. The Balaban J connectivity index is 2.44. The molecule has 19 heavy (non-hydrogen) atoms. The molecule has 1 unspecified atom stereocenters. The van der Waals surface area contributed by atoms with Crippen molar-refractivity contribution in [1.29, 1.82) is 0 Å². The second-order valence-corrected chi connectivity index (χ2v) is 7.17. The Morgan fingerprint density at radius 1 is 1.53 bits per heavy atom. The fourth-order valence-electron chi connectivity index (χ4n) is 2.27. The zero-order chi connectivity index (χ0) is 14.2. The molecule has 1 aromatic rings. The van der Waals surface area contributed by atoms with Gasteiger partial charge in [0.2, 0.25) is 5.91 Å². The van der Waals surface area contributed by atoms with E-state index >= 15 is 0 Å². The van der Waals surface area contributed by atoms with Gasteiger partial charge in [0.1, 0.15) is 11.9 Å². The quantitative estimate of drug-likeness (QED) is 0.783. The van der Waals surface area contributed by atoms with Gasteiger partial charge in [-0.15, -0.1) is 0 Å². The van der Waals surface area contributed by atoms with E-state index in [1.807, 2.05) is 6.92 Å². The second kappa shape index (κ2) is 5.13. The van der Waals surface area contributed by atoms with E-state index in [-0.39, 0.29) is 17.0 Å². The largest absolute Gasteiger partial charge is 0.344 e. The molecular weight excluding hydrogens is 290 g/mol. The molecule has 0 aromatic carbocycles. The lowest BCUT2D eigenvalue weighted by atomic mass is 10.2. The number of likely N-dealkylation sites (tertiary alicyclic amines) is 1. The van der Waals surface area contributed by atoms with E-state index in [0.717, 1.165) is 6.42 Å². The van der Waals surface area contributed by atoms with E-state index in [1.54, 1.807) is 16.5 Å². The molecule has 2 heterocycles. The first kappa shape index (κ1) is 14.3. The Labute approximate surface area is 116 Å². The third-order valence-electron chi connectivity index (χ3n) is 3.25. The highest BCUT2D eigenvalue weighted by molar-refractivity contribution is 8.13. The molecule has 2 rings (SSSR count). The highest BCUT2D eigenvalue weighted by Crippen LogP contribution is 2.26. The van der Waals surface area contributed by atoms with Crippen molar-refractivity contribution in [3.8, 4) is 0 Å². The molecule has 0 bridgehead atoms. The van der Waals surface area contributed by atoms with Crippen LogP contribution in [0.4, 0.5) is 0 Å². The Morgan fingerprint density at radius 2 is 2.21 bits per heavy atom. The lowest BCUT2D eigenvalue weighted by Gasteiger charge is -2.14. The second-order valence-electron chi connectivity index (χ2n) is 4.65. The number of carbonyl (C=O) groups is 1. The monoisotopic (exact) mass is 305 g/mol. The Hall–Kier alpha value is -1.08. The van der Waals surface area contributed by atoms with Crippen LogP contribution in [0.5, 0.6) is 0 Å². The van der Waals surface area contributed by atoms with Crippen LogP contribution < -0.4 is 0 Å². The number of hydrogen-bond donors (Lipinski definition) is 0. The standard InChI is InChI=1S/C11H16ClN3O3S/c1-3-4-9-13-10(19(12,17)18)7-15(9)8-5-6-14(2)11(8)16/h7-8H,3-6H2,1-2H3. The minimum Gasteiger partial charge on any atom is -0.344 e. The summed E-state index contributed by atoms with van der Waals surface area (Å²) < 4.78 is 24.4. The first-order valence-electron chi connectivity index (χ1n) is 6.12. The number of hydrogen-bond acceptors (Lipinski definition) is 4. The van der Waals surface area contributed by atoms with E-state index in [1.165, 1.54) is 6.20 Å². The average Bonchev–Trinajstić information content (AvgIpc) is 2.85. The van der Waals surface area contributed by atoms with Crippen LogP contribution in [0, 0.1) is 0 Å². The summed E-state index contributed by atoms with van der Waals surface area (Å²) in [7, 11) is 3.18. The molecule has 1 aliphatic heterocycles. The van der Waals surface area contributed by atoms with E-state index in [0.29, 0.717) is 25.2 Å². The summed E-state index contributed by atoms with van der Waals surface area (Å²) in [4.78, 5) is 17.7. The summed E-state index contributed by atoms with van der Waals surface area (Å²) in [5.41, 5.74) is 0. The third-order valence-corrected chi connectivity index (χ3v) is 4.42. The van der Waals surface area contributed by atoms with Crippen LogP contribution in [0.2, 0.25) is 0 Å². The molecule has 8 heteroatoms. The van der Waals surface area contributed by atoms with Crippen molar-refractivity contribution in [2.75, 3.05) is 13.6 Å². The summed E-state index contributed by atoms with van der Waals surface area (Å²) in [6, 6.07) is -0.369. The average molecular weight is 306 g/mol. The third kappa shape index (κ3) is 2.76. The molecule has 1 atom stereocenters. The Morgan fingerprint density at radius 3 is 2.68 bits per heavy atom. The van der Waals surface area contributed by atoms with E-state index in [4.69, 9.17) is 10.7 Å². The zero-order valence-corrected chi connectivity index (χ0v) is 12.4. The van der Waals surface area contributed by atoms with Crippen molar-refractivity contribution in [2.45, 2.75) is 37.3 Å². The maximum absolute atomic E-state index is 12.0. The maximum Gasteiger partial charge on any atom is 0.280 e. The molecule has 0 saturated carbocycles. The van der Waals surface area contributed by atoms with Crippen molar-refractivity contribution in [3.05, 3.63) is 12.0 Å². The lowest BCUT2D eigenvalue weighted by Crippen LogP contribution is -2.25. The molecule has 0 radical (unpaired) electrons. The van der Waals surface area contributed by atoms with Gasteiger partial charge in [-0.25, -0.2) is 13.4 Å². The fraction of sp³-hybridized carbons (Fsp3) is 0.636. The van der Waals surface area contributed by atoms with Crippen molar-refractivity contribution in [1.82, 2.24) is 14.5 Å². The minimum atomic E-state index is -3.87. The van der Waals surface area contributed by atoms with Gasteiger partial charge in [0.15, 0.2) is 5.03 Å². The Kier molecular flexibility index (Phi) is 3.87. The van der Waals surface area contributed by atoms with Gasteiger partial charge in [-0.2, -0.15) is 0 Å². The van der Waals surface area contributed by atoms with E-state index < -0.39 is 9.05 Å². The minimum absolute atomic E-state index is 0.0201. The van der Waals surface area contributed by atoms with Gasteiger partial charge in [-0.1, -0.05) is 6.92 Å². The number of aromatic nitrogens is 2. The number of likely N-dealkylation sites (N-methyl/N-ethyl adjacent to an activating group) is 1. The number of aryl methyl sites for hydroxylation is 1. The van der Waals surface area contributed by atoms with Crippen molar-refractivity contribution in [2.24, 2.45) is 0 Å². The molecule has 1 fully saturated rings. The Bertz CT molecular complexity index is 596. The lowest BCUT2D eigenvalue weighted by molar-refractivity contribution is -0.129. The van der Waals surface area contributed by atoms with Crippen molar-refractivity contribution >= 4 is 25.6 Å². The molecular formula is C11H16ClN3O3S. The first-order valence-corrected chi connectivity index (χ1v) is 8.43. The molecule has 0 N–H and O–H groups in total. The molecule has 0 aliphatic carbocycles. The fourth-order valence-corrected chi connectivity index (χ4v) is 2.94. The number of imidazole rings is 1. The summed E-state index contributed by atoms with van der Waals surface area (Å²) in [5.74, 6) is 0.573. The van der Waals surface area contributed by atoms with Gasteiger partial charge in [0.05, 0.1) is 0 Å². The van der Waals surface area contributed by atoms with Crippen molar-refractivity contribution in [3.63, 3.8) is 0 Å². The highest BCUT2D eigenvalue weighted by atomic mass is 35.7. The summed E-state index contributed by atoms with van der Waals surface area (Å²) >= 11 is 0. The van der Waals surface area contributed by atoms with Crippen LogP contribution in [-0.4, -0.2) is 42.4 Å². The van der Waals surface area contributed by atoms with Gasteiger partial charge < -0.3 is 9.47 Å². The molecule has 0 spiro atoms. The molecule has 1 amide bonds. The van der Waals surface area contributed by atoms with Crippen LogP contribution >= 0.6 is 10.7 Å². The number of carbonyl (C=O) groups excluding carboxylic acids is 1. The maximum atomic E-state index is 12.0. The van der Waals surface area contributed by atoms with Gasteiger partial charge in [0.25, 0.3) is 9.05 Å². The normalized spacial score (nSPS) is 20.3. The smallest absolute Gasteiger partial charge is 0.280 e. The van der Waals surface area contributed by atoms with Crippen LogP contribution in [-0.2, 0) is 20.3 Å². The zero-order valence-electron chi connectivity index (χ0n) is 10.8. The van der Waals surface area contributed by atoms with E-state index in [2.05, 4.69) is 4.98 Å². The van der Waals surface area contributed by atoms with Gasteiger partial charge >= 0.3 is 0 Å². The predicted molar refractivity (Wildman–Crippen MR) is 70.6 cm³/mol. The van der Waals surface area contributed by atoms with Crippen LogP contribution in [0.3, 0.4) is 0 Å². The number of amides is 1. The molecule has 1 aromatic heterocycles. The van der Waals surface area contributed by atoms with Crippen LogP contribution in [0.25, 0.3) is 0 Å². The summed E-state index contributed by atoms with van der Waals surface area (Å²) in [6.07, 6.45) is 3.45. The van der Waals surface area contributed by atoms with Crippen molar-refractivity contribution < 1.29 is 13.2 Å². The van der Waals surface area contributed by atoms with Crippen LogP contribution in [0.15, 0.2) is 11.2 Å². The molecule has 106 valence electrons. The highest BCUT2D eigenvalue weighted by Gasteiger charge is 2.33. The predicted octanol–water partition coefficient (Wildman–Crippen LogP) is 1.17. The molecule has 1 aliphatic rings. The number of rotatable bonds is 4. The number of nitrogens with zero attached hydrogens (tertiary/aromatic N) is 3. The topological polar surface area (TPSA) is 72.3 Å². The SMILES string of the molecule is CCCc1nc(S(=O)(=O)Cl)cn1C1CCN(C)C1=O. The first-order chi connectivity index (χ1) is 8.84. The van der Waals surface area contributed by atoms with Crippen LogP contribution in [0.1, 0.15) is 31.6 Å². The van der Waals surface area contributed by atoms with Gasteiger partial charge in [0, 0.05) is 36.9 Å². The molecule has 6 nitrogen and oxygen atoms in total. The number of halogens is 1. The summed E-state index contributed by atoms with van der Waals surface area (Å²) in [6.45, 7) is 2.63. The van der Waals surface area contributed by atoms with Gasteiger partial charge in [-0.05, 0) is 12.8 Å².